The molecule has 0 radical (unpaired) electrons. The predicted octanol–water partition coefficient (Wildman–Crippen LogP) is 4.40. The van der Waals surface area contributed by atoms with E-state index in [-0.39, 0.29) is 10.8 Å². The summed E-state index contributed by atoms with van der Waals surface area (Å²) in [6.07, 6.45) is 4.36. The first-order valence-electron chi connectivity index (χ1n) is 7.20. The van der Waals surface area contributed by atoms with Crippen molar-refractivity contribution in [3.8, 4) is 0 Å². The largest absolute Gasteiger partial charge is 0.294 e. The van der Waals surface area contributed by atoms with E-state index >= 15 is 0 Å². The van der Waals surface area contributed by atoms with E-state index in [1.54, 1.807) is 0 Å². The zero-order valence-electron chi connectivity index (χ0n) is 12.3. The maximum absolute atomic E-state index is 12.8. The number of hydrogen-bond acceptors (Lipinski definition) is 1. The summed E-state index contributed by atoms with van der Waals surface area (Å²) >= 11 is 0. The van der Waals surface area contributed by atoms with E-state index in [2.05, 4.69) is 45.9 Å². The lowest BCUT2D eigenvalue weighted by Gasteiger charge is -2.31. The molecule has 1 aromatic rings. The molecule has 0 saturated heterocycles. The molecule has 2 unspecified atom stereocenters. The number of fused-ring (bicyclic) bond motifs is 2. The van der Waals surface area contributed by atoms with Crippen molar-refractivity contribution in [1.82, 2.24) is 0 Å². The van der Waals surface area contributed by atoms with E-state index < -0.39 is 0 Å². The van der Waals surface area contributed by atoms with E-state index in [0.717, 1.165) is 18.4 Å². The van der Waals surface area contributed by atoms with Gasteiger partial charge in [0.05, 0.1) is 0 Å². The summed E-state index contributed by atoms with van der Waals surface area (Å²) in [4.78, 5) is 12.8. The molecule has 2 bridgehead atoms. The highest BCUT2D eigenvalue weighted by Crippen LogP contribution is 2.65. The molecule has 2 atom stereocenters. The highest BCUT2D eigenvalue weighted by molar-refractivity contribution is 6.08. The summed E-state index contributed by atoms with van der Waals surface area (Å²) in [5, 5.41) is 0. The van der Waals surface area contributed by atoms with Crippen LogP contribution in [-0.2, 0) is 4.79 Å². The summed E-state index contributed by atoms with van der Waals surface area (Å²) in [5.41, 5.74) is 3.46. The first-order chi connectivity index (χ1) is 8.88. The molecule has 2 fully saturated rings. The molecule has 1 heteroatoms. The van der Waals surface area contributed by atoms with Gasteiger partial charge in [0.25, 0.3) is 0 Å². The van der Waals surface area contributed by atoms with Crippen LogP contribution in [0.25, 0.3) is 6.08 Å². The maximum Gasteiger partial charge on any atom is 0.165 e. The van der Waals surface area contributed by atoms with Crippen LogP contribution in [0.2, 0.25) is 0 Å². The Morgan fingerprint density at radius 3 is 2.47 bits per heavy atom. The number of allylic oxidation sites excluding steroid dienone is 1. The fraction of sp³-hybridized carbons (Fsp3) is 0.500. The molecule has 1 aromatic carbocycles. The van der Waals surface area contributed by atoms with Gasteiger partial charge in [0.1, 0.15) is 0 Å². The predicted molar refractivity (Wildman–Crippen MR) is 78.8 cm³/mol. The molecular formula is C18H22O. The van der Waals surface area contributed by atoms with Crippen molar-refractivity contribution in [2.75, 3.05) is 0 Å². The minimum Gasteiger partial charge on any atom is -0.294 e. The number of ketones is 1. The Morgan fingerprint density at radius 2 is 1.89 bits per heavy atom. The van der Waals surface area contributed by atoms with Gasteiger partial charge in [0.2, 0.25) is 0 Å². The standard InChI is InChI=1S/C18H22O/c1-12-7-5-6-8-13(12)11-14-15-9-10-18(4,16(14)19)17(15,2)3/h5-8,11,15H,9-10H2,1-4H3. The first kappa shape index (κ1) is 12.7. The molecule has 0 N–H and O–H groups in total. The van der Waals surface area contributed by atoms with Crippen LogP contribution in [0.4, 0.5) is 0 Å². The van der Waals surface area contributed by atoms with Crippen molar-refractivity contribution in [3.63, 3.8) is 0 Å². The normalized spacial score (nSPS) is 34.2. The van der Waals surface area contributed by atoms with Gasteiger partial charge in [0, 0.05) is 5.41 Å². The fourth-order valence-electron chi connectivity index (χ4n) is 4.01. The van der Waals surface area contributed by atoms with Crippen molar-refractivity contribution in [2.24, 2.45) is 16.7 Å². The van der Waals surface area contributed by atoms with Crippen LogP contribution in [0.3, 0.4) is 0 Å². The second-order valence-corrected chi connectivity index (χ2v) is 6.93. The van der Waals surface area contributed by atoms with Crippen LogP contribution in [0.1, 0.15) is 44.7 Å². The molecule has 0 heterocycles. The van der Waals surface area contributed by atoms with Gasteiger partial charge in [-0.05, 0) is 53.9 Å². The molecule has 2 aliphatic carbocycles. The van der Waals surface area contributed by atoms with Gasteiger partial charge >= 0.3 is 0 Å². The molecule has 0 spiro atoms. The Labute approximate surface area is 115 Å². The van der Waals surface area contributed by atoms with Crippen LogP contribution in [0.5, 0.6) is 0 Å². The number of carbonyl (C=O) groups is 1. The summed E-state index contributed by atoms with van der Waals surface area (Å²) < 4.78 is 0. The molecule has 1 nitrogen and oxygen atoms in total. The summed E-state index contributed by atoms with van der Waals surface area (Å²) in [5.74, 6) is 0.821. The number of aryl methyl sites for hydroxylation is 1. The lowest BCUT2D eigenvalue weighted by Crippen LogP contribution is -2.32. The summed E-state index contributed by atoms with van der Waals surface area (Å²) in [6, 6.07) is 8.31. The molecule has 19 heavy (non-hydrogen) atoms. The lowest BCUT2D eigenvalue weighted by atomic mass is 9.70. The second-order valence-electron chi connectivity index (χ2n) is 6.93. The maximum atomic E-state index is 12.8. The zero-order chi connectivity index (χ0) is 13.8. The van der Waals surface area contributed by atoms with E-state index in [1.807, 2.05) is 12.1 Å². The third-order valence-electron chi connectivity index (χ3n) is 5.86. The van der Waals surface area contributed by atoms with Crippen molar-refractivity contribution < 1.29 is 4.79 Å². The molecule has 2 saturated carbocycles. The molecule has 0 aliphatic heterocycles. The van der Waals surface area contributed by atoms with Crippen LogP contribution < -0.4 is 0 Å². The monoisotopic (exact) mass is 254 g/mol. The topological polar surface area (TPSA) is 17.1 Å². The Hall–Kier alpha value is -1.37. The average molecular weight is 254 g/mol. The third kappa shape index (κ3) is 1.51. The van der Waals surface area contributed by atoms with Gasteiger partial charge < -0.3 is 0 Å². The quantitative estimate of drug-likeness (QED) is 0.679. The summed E-state index contributed by atoms with van der Waals surface area (Å²) in [7, 11) is 0. The van der Waals surface area contributed by atoms with Gasteiger partial charge in [0.15, 0.2) is 5.78 Å². The Balaban J connectivity index is 2.10. The number of Topliss-reactive ketones (excluding diaryl/α,β-unsaturated/α-hetero) is 1. The van der Waals surface area contributed by atoms with Crippen LogP contribution >= 0.6 is 0 Å². The zero-order valence-corrected chi connectivity index (χ0v) is 12.3. The van der Waals surface area contributed by atoms with Crippen molar-refractivity contribution in [3.05, 3.63) is 41.0 Å². The highest BCUT2D eigenvalue weighted by Gasteiger charge is 2.63. The number of hydrogen-bond donors (Lipinski definition) is 0. The van der Waals surface area contributed by atoms with Crippen LogP contribution in [-0.4, -0.2) is 5.78 Å². The smallest absolute Gasteiger partial charge is 0.165 e. The van der Waals surface area contributed by atoms with Gasteiger partial charge in [-0.1, -0.05) is 45.0 Å². The van der Waals surface area contributed by atoms with E-state index in [4.69, 9.17) is 0 Å². The Morgan fingerprint density at radius 1 is 1.21 bits per heavy atom. The minimum atomic E-state index is -0.147. The third-order valence-corrected chi connectivity index (χ3v) is 5.86. The van der Waals surface area contributed by atoms with Gasteiger partial charge in [-0.25, -0.2) is 0 Å². The Bertz CT molecular complexity index is 579. The lowest BCUT2D eigenvalue weighted by molar-refractivity contribution is -0.125. The number of benzene rings is 1. The van der Waals surface area contributed by atoms with Crippen LogP contribution in [0.15, 0.2) is 29.8 Å². The van der Waals surface area contributed by atoms with E-state index in [0.29, 0.717) is 11.7 Å². The van der Waals surface area contributed by atoms with Gasteiger partial charge in [-0.15, -0.1) is 0 Å². The minimum absolute atomic E-state index is 0.110. The van der Waals surface area contributed by atoms with Gasteiger partial charge in [-0.3, -0.25) is 4.79 Å². The average Bonchev–Trinajstić information content (AvgIpc) is 2.66. The van der Waals surface area contributed by atoms with E-state index in [9.17, 15) is 4.79 Å². The van der Waals surface area contributed by atoms with Gasteiger partial charge in [-0.2, -0.15) is 0 Å². The molecule has 0 amide bonds. The van der Waals surface area contributed by atoms with Crippen LogP contribution in [0, 0.1) is 23.7 Å². The summed E-state index contributed by atoms with van der Waals surface area (Å²) in [6.45, 7) is 8.80. The highest BCUT2D eigenvalue weighted by atomic mass is 16.1. The van der Waals surface area contributed by atoms with Crippen molar-refractivity contribution >= 4 is 11.9 Å². The van der Waals surface area contributed by atoms with Crippen molar-refractivity contribution in [2.45, 2.75) is 40.5 Å². The Kier molecular flexibility index (Phi) is 2.54. The fourth-order valence-corrected chi connectivity index (χ4v) is 4.01. The van der Waals surface area contributed by atoms with E-state index in [1.165, 1.54) is 11.1 Å². The number of carbonyl (C=O) groups excluding carboxylic acids is 1. The molecule has 3 rings (SSSR count). The molecular weight excluding hydrogens is 232 g/mol. The first-order valence-corrected chi connectivity index (χ1v) is 7.20. The molecule has 2 aliphatic rings. The van der Waals surface area contributed by atoms with Crippen molar-refractivity contribution in [1.29, 1.82) is 0 Å². The SMILES string of the molecule is Cc1ccccc1C=C1C(=O)C2(C)CCC1C2(C)C. The molecule has 0 aromatic heterocycles. The molecule has 100 valence electrons. The second kappa shape index (κ2) is 3.82. The number of rotatable bonds is 1.